The highest BCUT2D eigenvalue weighted by molar-refractivity contribution is 7.00. The summed E-state index contributed by atoms with van der Waals surface area (Å²) in [5.74, 6) is 0. The third kappa shape index (κ3) is 6.05. The maximum Gasteiger partial charge on any atom is 0.269 e. The van der Waals surface area contributed by atoms with Gasteiger partial charge in [0.2, 0.25) is 6.71 Å². The smallest absolute Gasteiger partial charge is 0.269 e. The van der Waals surface area contributed by atoms with Crippen molar-refractivity contribution in [1.82, 2.24) is 0 Å². The van der Waals surface area contributed by atoms with Crippen LogP contribution in [0.5, 0.6) is 0 Å². The molecule has 0 heterocycles. The molecule has 0 atom stereocenters. The maximum absolute atomic E-state index is 11.4. The molecule has 0 radical (unpaired) electrons. The summed E-state index contributed by atoms with van der Waals surface area (Å²) >= 11 is 0. The number of rotatable bonds is 10. The number of nitro benzene ring substituents is 3. The van der Waals surface area contributed by atoms with Crippen LogP contribution in [0.3, 0.4) is 0 Å². The lowest BCUT2D eigenvalue weighted by Gasteiger charge is -2.24. The molecule has 0 bridgehead atoms. The van der Waals surface area contributed by atoms with Gasteiger partial charge in [-0.2, -0.15) is 0 Å². The fraction of sp³-hybridized carbons (Fsp3) is 0.0714. The average molecular weight is 523 g/mol. The highest BCUT2D eigenvalue weighted by Gasteiger charge is 2.30. The van der Waals surface area contributed by atoms with Crippen molar-refractivity contribution in [3.63, 3.8) is 0 Å². The fourth-order valence-corrected chi connectivity index (χ4v) is 4.48. The Balaban J connectivity index is 2.05. The second kappa shape index (κ2) is 11.9. The van der Waals surface area contributed by atoms with Crippen LogP contribution in [0.25, 0.3) is 11.0 Å². The van der Waals surface area contributed by atoms with Crippen molar-refractivity contribution >= 4 is 45.7 Å². The lowest BCUT2D eigenvalue weighted by molar-refractivity contribution is -0.385. The number of benzene rings is 4. The Morgan fingerprint density at radius 3 is 1.41 bits per heavy atom. The second-order valence-electron chi connectivity index (χ2n) is 8.63. The molecule has 0 aliphatic carbocycles. The minimum atomic E-state index is -0.557. The third-order valence-corrected chi connectivity index (χ3v) is 6.29. The van der Waals surface area contributed by atoms with Crippen LogP contribution >= 0.6 is 0 Å². The first kappa shape index (κ1) is 26.9. The van der Waals surface area contributed by atoms with Crippen molar-refractivity contribution in [3.8, 4) is 0 Å². The van der Waals surface area contributed by atoms with Gasteiger partial charge in [-0.15, -0.1) is 0 Å². The third-order valence-electron chi connectivity index (χ3n) is 6.29. The van der Waals surface area contributed by atoms with Gasteiger partial charge in [-0.05, 0) is 28.8 Å². The summed E-state index contributed by atoms with van der Waals surface area (Å²) in [4.78, 5) is 32.6. The molecule has 0 fully saturated rings. The molecule has 4 aromatic rings. The van der Waals surface area contributed by atoms with Crippen molar-refractivity contribution in [1.29, 1.82) is 0 Å². The van der Waals surface area contributed by atoms with Gasteiger partial charge in [0, 0.05) is 43.5 Å². The van der Waals surface area contributed by atoms with Gasteiger partial charge in [0.15, 0.2) is 0 Å². The summed E-state index contributed by atoms with van der Waals surface area (Å²) in [6.07, 6.45) is 0. The average Bonchev–Trinajstić information content (AvgIpc) is 2.95. The van der Waals surface area contributed by atoms with Gasteiger partial charge in [0.1, 0.15) is 0 Å². The monoisotopic (exact) mass is 523 g/mol. The van der Waals surface area contributed by atoms with Crippen LogP contribution in [0.4, 0.5) is 17.1 Å². The SMILES string of the molecule is COC/C(=C(\B(c1ccc([N+](=O)[O-])cc1)c1ccc([N+](=O)[O-])cc1)c1ccc([N+](=O)[O-])cc1)c1ccccc1. The predicted octanol–water partition coefficient (Wildman–Crippen LogP) is 4.82. The Morgan fingerprint density at radius 2 is 1.03 bits per heavy atom. The molecule has 0 N–H and O–H groups in total. The minimum absolute atomic E-state index is 0.0756. The first-order valence-corrected chi connectivity index (χ1v) is 11.8. The summed E-state index contributed by atoms with van der Waals surface area (Å²) in [5.41, 5.74) is 4.17. The number of hydrogen-bond acceptors (Lipinski definition) is 7. The van der Waals surface area contributed by atoms with Gasteiger partial charge in [-0.25, -0.2) is 0 Å². The Bertz CT molecular complexity index is 1470. The number of nitrogens with zero attached hydrogens (tertiary/aromatic N) is 3. The molecule has 4 aromatic carbocycles. The first-order valence-electron chi connectivity index (χ1n) is 11.8. The Morgan fingerprint density at radius 1 is 0.615 bits per heavy atom. The number of ether oxygens (including phenoxy) is 1. The molecular weight excluding hydrogens is 501 g/mol. The molecule has 0 aliphatic heterocycles. The second-order valence-corrected chi connectivity index (χ2v) is 8.63. The molecule has 0 aromatic heterocycles. The number of non-ortho nitro benzene ring substituents is 3. The molecule has 11 heteroatoms. The maximum atomic E-state index is 11.4. The quantitative estimate of drug-likeness (QED) is 0.126. The zero-order chi connectivity index (χ0) is 27.9. The van der Waals surface area contributed by atoms with E-state index < -0.39 is 21.5 Å². The van der Waals surface area contributed by atoms with E-state index in [1.807, 2.05) is 30.3 Å². The van der Waals surface area contributed by atoms with E-state index in [0.717, 1.165) is 16.6 Å². The van der Waals surface area contributed by atoms with Gasteiger partial charge in [0.25, 0.3) is 17.1 Å². The van der Waals surface area contributed by atoms with E-state index in [0.29, 0.717) is 16.5 Å². The summed E-state index contributed by atoms with van der Waals surface area (Å²) < 4.78 is 5.60. The molecule has 0 unspecified atom stereocenters. The van der Waals surface area contributed by atoms with Crippen molar-refractivity contribution < 1.29 is 19.5 Å². The zero-order valence-corrected chi connectivity index (χ0v) is 20.8. The molecule has 0 saturated carbocycles. The highest BCUT2D eigenvalue weighted by atomic mass is 16.6. The van der Waals surface area contributed by atoms with Gasteiger partial charge in [-0.1, -0.05) is 71.0 Å². The molecule has 0 saturated heterocycles. The van der Waals surface area contributed by atoms with Crippen LogP contribution in [0, 0.1) is 30.3 Å². The molecule has 39 heavy (non-hydrogen) atoms. The summed E-state index contributed by atoms with van der Waals surface area (Å²) in [6, 6.07) is 27.8. The van der Waals surface area contributed by atoms with E-state index in [9.17, 15) is 30.3 Å². The Kier molecular flexibility index (Phi) is 8.23. The van der Waals surface area contributed by atoms with E-state index in [1.165, 1.54) is 36.4 Å². The largest absolute Gasteiger partial charge is 0.380 e. The molecule has 194 valence electrons. The topological polar surface area (TPSA) is 139 Å². The van der Waals surface area contributed by atoms with Crippen LogP contribution in [0.2, 0.25) is 0 Å². The molecule has 4 rings (SSSR count). The first-order chi connectivity index (χ1) is 18.8. The normalized spacial score (nSPS) is 11.4. The lowest BCUT2D eigenvalue weighted by atomic mass is 9.34. The Labute approximate surface area is 223 Å². The van der Waals surface area contributed by atoms with Crippen molar-refractivity contribution in [2.75, 3.05) is 13.7 Å². The van der Waals surface area contributed by atoms with E-state index in [-0.39, 0.29) is 23.7 Å². The van der Waals surface area contributed by atoms with Gasteiger partial charge in [-0.3, -0.25) is 30.3 Å². The number of nitro groups is 3. The van der Waals surface area contributed by atoms with Crippen molar-refractivity contribution in [2.45, 2.75) is 0 Å². The Hall–Kier alpha value is -5.16. The van der Waals surface area contributed by atoms with E-state index in [4.69, 9.17) is 4.74 Å². The minimum Gasteiger partial charge on any atom is -0.380 e. The number of methoxy groups -OCH3 is 1. The van der Waals surface area contributed by atoms with Gasteiger partial charge in [0.05, 0.1) is 21.4 Å². The molecular formula is C28H22BN3O7. The van der Waals surface area contributed by atoms with Crippen LogP contribution in [-0.4, -0.2) is 35.2 Å². The van der Waals surface area contributed by atoms with Crippen molar-refractivity contribution in [3.05, 3.63) is 145 Å². The molecule has 0 amide bonds. The summed E-state index contributed by atoms with van der Waals surface area (Å²) in [6.45, 7) is -0.370. The van der Waals surface area contributed by atoms with Crippen LogP contribution in [0.1, 0.15) is 11.1 Å². The van der Waals surface area contributed by atoms with Crippen LogP contribution in [0.15, 0.2) is 103 Å². The van der Waals surface area contributed by atoms with Gasteiger partial charge < -0.3 is 4.74 Å². The molecule has 0 aliphatic rings. The van der Waals surface area contributed by atoms with E-state index in [2.05, 4.69) is 0 Å². The summed E-state index contributed by atoms with van der Waals surface area (Å²) in [5, 5.41) is 34.0. The predicted molar refractivity (Wildman–Crippen MR) is 149 cm³/mol. The van der Waals surface area contributed by atoms with E-state index in [1.54, 1.807) is 43.5 Å². The van der Waals surface area contributed by atoms with Crippen LogP contribution in [-0.2, 0) is 4.74 Å². The zero-order valence-electron chi connectivity index (χ0n) is 20.8. The fourth-order valence-electron chi connectivity index (χ4n) is 4.48. The molecule has 10 nitrogen and oxygen atoms in total. The van der Waals surface area contributed by atoms with Crippen molar-refractivity contribution in [2.24, 2.45) is 0 Å². The van der Waals surface area contributed by atoms with E-state index >= 15 is 0 Å². The summed E-state index contributed by atoms with van der Waals surface area (Å²) in [7, 11) is 1.56. The van der Waals surface area contributed by atoms with Gasteiger partial charge >= 0.3 is 0 Å². The number of hydrogen-bond donors (Lipinski definition) is 0. The molecule has 0 spiro atoms. The van der Waals surface area contributed by atoms with Crippen LogP contribution < -0.4 is 10.9 Å². The lowest BCUT2D eigenvalue weighted by Crippen LogP contribution is -2.44. The standard InChI is InChI=1S/C28H22BN3O7/c1-39-19-27(20-5-3-2-4-6-20)28(21-7-13-24(14-8-21)30(33)34)29(22-9-15-25(16-10-22)31(35)36)23-11-17-26(18-12-23)32(37)38/h2-18H,19H2,1H3/b28-27+. The highest BCUT2D eigenvalue weighted by Crippen LogP contribution is 2.31.